The van der Waals surface area contributed by atoms with E-state index in [-0.39, 0.29) is 24.0 Å². The van der Waals surface area contributed by atoms with Crippen molar-refractivity contribution in [3.8, 4) is 0 Å². The number of piperidine rings is 1. The first-order chi connectivity index (χ1) is 17.7. The zero-order chi connectivity index (χ0) is 28.5. The standard InChI is InChI=1S/C29H37Cl2NO5S/c1-6-23(18-38(36,37)28(3,4)5)32-26(19-11-13-21(30)14-12-19)24(20-9-8-10-22(31)15-20)16-29(7-2,27(32)35)17-25(33)34/h8-15,23-24,26H,6-7,16-18H2,1-5H3,(H,33,34)/t23?,24-,26-,29-/m1/s1. The normalized spacial score (nSPS) is 23.3. The molecular weight excluding hydrogens is 545 g/mol. The lowest BCUT2D eigenvalue weighted by Crippen LogP contribution is -2.58. The second-order valence-electron chi connectivity index (χ2n) is 11.2. The van der Waals surface area contributed by atoms with Crippen LogP contribution in [0.4, 0.5) is 0 Å². The Morgan fingerprint density at radius 2 is 1.71 bits per heavy atom. The van der Waals surface area contributed by atoms with Gasteiger partial charge in [-0.15, -0.1) is 0 Å². The van der Waals surface area contributed by atoms with Crippen LogP contribution >= 0.6 is 23.2 Å². The summed E-state index contributed by atoms with van der Waals surface area (Å²) in [5.74, 6) is -1.93. The summed E-state index contributed by atoms with van der Waals surface area (Å²) in [7, 11) is -3.60. The molecule has 3 rings (SSSR count). The Labute approximate surface area is 236 Å². The Bertz CT molecular complexity index is 1270. The largest absolute Gasteiger partial charge is 0.481 e. The summed E-state index contributed by atoms with van der Waals surface area (Å²) in [5, 5.41) is 10.9. The van der Waals surface area contributed by atoms with Gasteiger partial charge in [0.1, 0.15) is 0 Å². The van der Waals surface area contributed by atoms with Gasteiger partial charge in [0.05, 0.1) is 28.4 Å². The van der Waals surface area contributed by atoms with Crippen molar-refractivity contribution in [3.63, 3.8) is 0 Å². The molecule has 0 aliphatic carbocycles. The predicted molar refractivity (Wildman–Crippen MR) is 152 cm³/mol. The number of amides is 1. The van der Waals surface area contributed by atoms with Gasteiger partial charge in [-0.25, -0.2) is 8.42 Å². The molecule has 1 aliphatic heterocycles. The van der Waals surface area contributed by atoms with Crippen molar-refractivity contribution in [1.82, 2.24) is 4.90 Å². The van der Waals surface area contributed by atoms with Gasteiger partial charge >= 0.3 is 5.97 Å². The molecule has 0 bridgehead atoms. The van der Waals surface area contributed by atoms with Crippen LogP contribution < -0.4 is 0 Å². The Hall–Kier alpha value is -2.09. The number of aliphatic carboxylic acids is 1. The minimum atomic E-state index is -3.60. The van der Waals surface area contributed by atoms with Crippen LogP contribution in [0.3, 0.4) is 0 Å². The number of rotatable bonds is 9. The molecule has 0 aromatic heterocycles. The van der Waals surface area contributed by atoms with Gasteiger partial charge in [-0.1, -0.05) is 61.3 Å². The number of likely N-dealkylation sites (tertiary alicyclic amines) is 1. The lowest BCUT2D eigenvalue weighted by molar-refractivity contribution is -0.161. The van der Waals surface area contributed by atoms with E-state index < -0.39 is 38.1 Å². The molecule has 1 saturated heterocycles. The van der Waals surface area contributed by atoms with Gasteiger partial charge in [-0.3, -0.25) is 9.59 Å². The number of carboxylic acids is 1. The van der Waals surface area contributed by atoms with Gasteiger partial charge < -0.3 is 10.0 Å². The SMILES string of the molecule is CCC(CS(=O)(=O)C(C)(C)C)N1C(=O)[C@@](CC)(CC(=O)O)C[C@H](c2cccc(Cl)c2)[C@H]1c1ccc(Cl)cc1. The average Bonchev–Trinajstić information content (AvgIpc) is 2.83. The van der Waals surface area contributed by atoms with Gasteiger partial charge in [0.15, 0.2) is 9.84 Å². The first-order valence-electron chi connectivity index (χ1n) is 12.9. The van der Waals surface area contributed by atoms with Crippen molar-refractivity contribution >= 4 is 44.9 Å². The van der Waals surface area contributed by atoms with E-state index in [0.29, 0.717) is 29.3 Å². The number of carbonyl (C=O) groups excluding carboxylic acids is 1. The summed E-state index contributed by atoms with van der Waals surface area (Å²) in [5.41, 5.74) is 0.478. The average molecular weight is 583 g/mol. The molecule has 0 radical (unpaired) electrons. The number of halogens is 2. The van der Waals surface area contributed by atoms with Crippen LogP contribution in [0.25, 0.3) is 0 Å². The summed E-state index contributed by atoms with van der Waals surface area (Å²) in [6.45, 7) is 8.64. The molecule has 9 heteroatoms. The molecule has 1 N–H and O–H groups in total. The predicted octanol–water partition coefficient (Wildman–Crippen LogP) is 6.91. The molecule has 6 nitrogen and oxygen atoms in total. The third kappa shape index (κ3) is 6.21. The lowest BCUT2D eigenvalue weighted by atomic mass is 9.65. The van der Waals surface area contributed by atoms with Gasteiger partial charge in [-0.05, 0) is 75.4 Å². The molecule has 1 aliphatic rings. The fraction of sp³-hybridized carbons (Fsp3) is 0.517. The van der Waals surface area contributed by atoms with Crippen molar-refractivity contribution in [1.29, 1.82) is 0 Å². The molecule has 1 fully saturated rings. The molecule has 0 spiro atoms. The van der Waals surface area contributed by atoms with Crippen LogP contribution in [0.15, 0.2) is 48.5 Å². The minimum Gasteiger partial charge on any atom is -0.481 e. The van der Waals surface area contributed by atoms with Gasteiger partial charge in [0.2, 0.25) is 5.91 Å². The first-order valence-corrected chi connectivity index (χ1v) is 15.3. The van der Waals surface area contributed by atoms with E-state index in [4.69, 9.17) is 23.2 Å². The second kappa shape index (κ2) is 11.6. The summed E-state index contributed by atoms with van der Waals surface area (Å²) in [6.07, 6.45) is 0.647. The van der Waals surface area contributed by atoms with Crippen LogP contribution in [-0.4, -0.2) is 46.8 Å². The number of benzene rings is 2. The van der Waals surface area contributed by atoms with Crippen molar-refractivity contribution in [2.45, 2.75) is 83.1 Å². The van der Waals surface area contributed by atoms with Crippen molar-refractivity contribution in [3.05, 3.63) is 69.7 Å². The summed E-state index contributed by atoms with van der Waals surface area (Å²) in [4.78, 5) is 28.2. The van der Waals surface area contributed by atoms with Gasteiger partial charge in [-0.2, -0.15) is 0 Å². The first kappa shape index (κ1) is 30.5. The van der Waals surface area contributed by atoms with E-state index in [1.807, 2.05) is 44.2 Å². The maximum atomic E-state index is 14.5. The molecule has 208 valence electrons. The summed E-state index contributed by atoms with van der Waals surface area (Å²) >= 11 is 12.6. The molecule has 1 amide bonds. The number of hydrogen-bond donors (Lipinski definition) is 1. The summed E-state index contributed by atoms with van der Waals surface area (Å²) < 4.78 is 25.8. The van der Waals surface area contributed by atoms with Gasteiger partial charge in [0, 0.05) is 22.0 Å². The third-order valence-electron chi connectivity index (χ3n) is 7.84. The van der Waals surface area contributed by atoms with Crippen molar-refractivity contribution in [2.24, 2.45) is 5.41 Å². The maximum Gasteiger partial charge on any atom is 0.304 e. The van der Waals surface area contributed by atoms with Crippen LogP contribution in [0.2, 0.25) is 10.0 Å². The highest BCUT2D eigenvalue weighted by Gasteiger charge is 2.54. The minimum absolute atomic E-state index is 0.224. The molecule has 1 unspecified atom stereocenters. The fourth-order valence-electron chi connectivity index (χ4n) is 5.45. The quantitative estimate of drug-likeness (QED) is 0.347. The highest BCUT2D eigenvalue weighted by Crippen LogP contribution is 2.53. The number of nitrogens with zero attached hydrogens (tertiary/aromatic N) is 1. The van der Waals surface area contributed by atoms with Gasteiger partial charge in [0.25, 0.3) is 0 Å². The highest BCUT2D eigenvalue weighted by molar-refractivity contribution is 7.92. The smallest absolute Gasteiger partial charge is 0.304 e. The van der Waals surface area contributed by atoms with E-state index >= 15 is 0 Å². The summed E-state index contributed by atoms with van der Waals surface area (Å²) in [6, 6.07) is 13.4. The zero-order valence-corrected chi connectivity index (χ0v) is 24.9. The Balaban J connectivity index is 2.31. The zero-order valence-electron chi connectivity index (χ0n) is 22.6. The number of sulfone groups is 1. The lowest BCUT2D eigenvalue weighted by Gasteiger charge is -2.53. The molecule has 2 aromatic rings. The van der Waals surface area contributed by atoms with Crippen LogP contribution in [0.5, 0.6) is 0 Å². The second-order valence-corrected chi connectivity index (χ2v) is 14.9. The van der Waals surface area contributed by atoms with Crippen LogP contribution in [-0.2, 0) is 19.4 Å². The molecule has 1 heterocycles. The Morgan fingerprint density at radius 3 is 2.21 bits per heavy atom. The van der Waals surface area contributed by atoms with E-state index in [2.05, 4.69) is 0 Å². The number of carbonyl (C=O) groups is 2. The molecule has 0 saturated carbocycles. The number of hydrogen-bond acceptors (Lipinski definition) is 4. The van der Waals surface area contributed by atoms with E-state index in [1.54, 1.807) is 43.9 Å². The molecule has 4 atom stereocenters. The monoisotopic (exact) mass is 581 g/mol. The van der Waals surface area contributed by atoms with Crippen LogP contribution in [0, 0.1) is 5.41 Å². The van der Waals surface area contributed by atoms with E-state index in [9.17, 15) is 23.1 Å². The fourth-order valence-corrected chi connectivity index (χ4v) is 7.18. The Morgan fingerprint density at radius 1 is 1.08 bits per heavy atom. The Kier molecular flexibility index (Phi) is 9.27. The molecular formula is C29H37Cl2NO5S. The maximum absolute atomic E-state index is 14.5. The van der Waals surface area contributed by atoms with Crippen molar-refractivity contribution in [2.75, 3.05) is 5.75 Å². The third-order valence-corrected chi connectivity index (χ3v) is 11.0. The van der Waals surface area contributed by atoms with Crippen LogP contribution in [0.1, 0.15) is 83.4 Å². The highest BCUT2D eigenvalue weighted by atomic mass is 35.5. The molecule has 2 aromatic carbocycles. The van der Waals surface area contributed by atoms with Crippen molar-refractivity contribution < 1.29 is 23.1 Å². The van der Waals surface area contributed by atoms with E-state index in [1.165, 1.54) is 0 Å². The van der Waals surface area contributed by atoms with E-state index in [0.717, 1.165) is 11.1 Å². The topological polar surface area (TPSA) is 91.8 Å². The number of carboxylic acid groups (broad SMARTS) is 1. The molecule has 38 heavy (non-hydrogen) atoms.